The molecule has 4 aliphatic rings. The zero-order valence-corrected chi connectivity index (χ0v) is 17.2. The molecule has 7 atom stereocenters. The molecule has 5 heteroatoms. The van der Waals surface area contributed by atoms with Crippen LogP contribution in [0.2, 0.25) is 0 Å². The number of fused-ring (bicyclic) bond motifs is 5. The van der Waals surface area contributed by atoms with Crippen molar-refractivity contribution < 1.29 is 24.2 Å². The fraction of sp³-hybridized carbons (Fsp3) is 0.783. The van der Waals surface area contributed by atoms with Gasteiger partial charge in [-0.1, -0.05) is 13.0 Å². The van der Waals surface area contributed by atoms with Gasteiger partial charge in [-0.05, 0) is 75.2 Å². The van der Waals surface area contributed by atoms with Crippen LogP contribution in [-0.2, 0) is 19.1 Å². The third-order valence-electron chi connectivity index (χ3n) is 9.04. The lowest BCUT2D eigenvalue weighted by molar-refractivity contribution is -0.190. The van der Waals surface area contributed by atoms with Crippen molar-refractivity contribution in [3.05, 3.63) is 12.2 Å². The molecule has 0 saturated heterocycles. The molecule has 0 bridgehead atoms. The van der Waals surface area contributed by atoms with Crippen LogP contribution in [0.1, 0.15) is 65.7 Å². The average Bonchev–Trinajstić information content (AvgIpc) is 2.94. The summed E-state index contributed by atoms with van der Waals surface area (Å²) in [5.41, 5.74) is -1.69. The molecule has 0 aromatic heterocycles. The predicted octanol–water partition coefficient (Wildman–Crippen LogP) is 3.24. The first kappa shape index (κ1) is 19.8. The molecular weight excluding hydrogens is 356 g/mol. The van der Waals surface area contributed by atoms with Gasteiger partial charge in [0.15, 0.2) is 17.2 Å². The zero-order chi connectivity index (χ0) is 20.3. The predicted molar refractivity (Wildman–Crippen MR) is 103 cm³/mol. The molecule has 3 fully saturated rings. The molecule has 0 amide bonds. The number of hydrogen-bond donors (Lipinski definition) is 1. The van der Waals surface area contributed by atoms with E-state index in [1.807, 2.05) is 6.08 Å². The molecule has 1 N–H and O–H groups in total. The Morgan fingerprint density at radius 1 is 1.14 bits per heavy atom. The van der Waals surface area contributed by atoms with Crippen molar-refractivity contribution in [2.75, 3.05) is 6.61 Å². The van der Waals surface area contributed by atoms with E-state index in [4.69, 9.17) is 4.74 Å². The second-order valence-electron chi connectivity index (χ2n) is 9.90. The molecule has 0 heterocycles. The van der Waals surface area contributed by atoms with E-state index in [2.05, 4.69) is 6.92 Å². The van der Waals surface area contributed by atoms with Gasteiger partial charge in [-0.25, -0.2) is 0 Å². The first-order valence-corrected chi connectivity index (χ1v) is 10.7. The summed E-state index contributed by atoms with van der Waals surface area (Å²) >= 11 is 0. The number of carbonyl (C=O) groups is 3. The normalized spacial score (nSPS) is 47.1. The van der Waals surface area contributed by atoms with Crippen LogP contribution in [0.4, 0.5) is 0 Å². The molecule has 0 spiro atoms. The standard InChI is InChI=1S/C23H32O5/c1-14(25)23(28-15(2)26)11-8-19-18-5-4-16-12-17(27)6-10-22(16,13-24)20(18)7-9-21(19,23)3/h6,10,16,18-20,24H,4-5,7-9,11-13H2,1-3H3/t16-,18-,19-,20-,21-,22+,23-/m0/s1. The first-order chi connectivity index (χ1) is 13.2. The fourth-order valence-corrected chi connectivity index (χ4v) is 7.79. The molecule has 0 aliphatic heterocycles. The highest BCUT2D eigenvalue weighted by molar-refractivity contribution is 5.91. The average molecular weight is 389 g/mol. The van der Waals surface area contributed by atoms with Crippen LogP contribution in [0, 0.1) is 34.5 Å². The lowest BCUT2D eigenvalue weighted by Gasteiger charge is -2.60. The number of allylic oxidation sites excluding steroid dienone is 1. The maximum atomic E-state index is 12.7. The summed E-state index contributed by atoms with van der Waals surface area (Å²) in [6, 6.07) is 0. The van der Waals surface area contributed by atoms with Crippen molar-refractivity contribution in [1.29, 1.82) is 0 Å². The highest BCUT2D eigenvalue weighted by atomic mass is 16.6. The van der Waals surface area contributed by atoms with Crippen LogP contribution in [0.5, 0.6) is 0 Å². The number of rotatable bonds is 3. The molecule has 4 rings (SSSR count). The van der Waals surface area contributed by atoms with Gasteiger partial charge in [0.2, 0.25) is 0 Å². The van der Waals surface area contributed by atoms with Crippen LogP contribution < -0.4 is 0 Å². The van der Waals surface area contributed by atoms with E-state index >= 15 is 0 Å². The molecule has 154 valence electrons. The smallest absolute Gasteiger partial charge is 0.303 e. The summed E-state index contributed by atoms with van der Waals surface area (Å²) in [6.45, 7) is 5.17. The third kappa shape index (κ3) is 2.44. The largest absolute Gasteiger partial charge is 0.451 e. The van der Waals surface area contributed by atoms with Gasteiger partial charge in [0, 0.05) is 24.2 Å². The van der Waals surface area contributed by atoms with Crippen molar-refractivity contribution >= 4 is 17.5 Å². The summed E-state index contributed by atoms with van der Waals surface area (Å²) in [5.74, 6) is 0.955. The van der Waals surface area contributed by atoms with Crippen LogP contribution in [0.15, 0.2) is 12.2 Å². The minimum absolute atomic E-state index is 0.0418. The summed E-state index contributed by atoms with van der Waals surface area (Å²) in [6.07, 6.45) is 9.34. The van der Waals surface area contributed by atoms with Crippen LogP contribution >= 0.6 is 0 Å². The molecule has 28 heavy (non-hydrogen) atoms. The maximum Gasteiger partial charge on any atom is 0.303 e. The van der Waals surface area contributed by atoms with Crippen molar-refractivity contribution in [3.8, 4) is 0 Å². The number of Topliss-reactive ketones (excluding diaryl/α,β-unsaturated/α-hetero) is 1. The Labute approximate surface area is 166 Å². The molecule has 4 aliphatic carbocycles. The molecule has 0 unspecified atom stereocenters. The quantitative estimate of drug-likeness (QED) is 0.751. The summed E-state index contributed by atoms with van der Waals surface area (Å²) in [7, 11) is 0. The summed E-state index contributed by atoms with van der Waals surface area (Å²) in [5, 5.41) is 10.4. The Kier molecular flexibility index (Phi) is 4.61. The van der Waals surface area contributed by atoms with Gasteiger partial charge in [0.1, 0.15) is 0 Å². The minimum Gasteiger partial charge on any atom is -0.451 e. The molecular formula is C23H32O5. The lowest BCUT2D eigenvalue weighted by Crippen LogP contribution is -2.60. The first-order valence-electron chi connectivity index (χ1n) is 10.7. The van der Waals surface area contributed by atoms with Gasteiger partial charge in [-0.2, -0.15) is 0 Å². The number of ketones is 2. The maximum absolute atomic E-state index is 12.7. The highest BCUT2D eigenvalue weighted by Crippen LogP contribution is 2.68. The van der Waals surface area contributed by atoms with Gasteiger partial charge in [-0.3, -0.25) is 14.4 Å². The van der Waals surface area contributed by atoms with E-state index in [-0.39, 0.29) is 40.9 Å². The van der Waals surface area contributed by atoms with Crippen molar-refractivity contribution in [1.82, 2.24) is 0 Å². The fourth-order valence-electron chi connectivity index (χ4n) is 7.79. The third-order valence-corrected chi connectivity index (χ3v) is 9.04. The molecule has 0 aromatic rings. The van der Waals surface area contributed by atoms with Gasteiger partial charge in [0.25, 0.3) is 0 Å². The van der Waals surface area contributed by atoms with E-state index < -0.39 is 5.60 Å². The van der Waals surface area contributed by atoms with Crippen molar-refractivity contribution in [3.63, 3.8) is 0 Å². The number of aliphatic hydroxyl groups excluding tert-OH is 1. The van der Waals surface area contributed by atoms with Gasteiger partial charge in [0.05, 0.1) is 6.61 Å². The van der Waals surface area contributed by atoms with Gasteiger partial charge < -0.3 is 9.84 Å². The monoisotopic (exact) mass is 388 g/mol. The van der Waals surface area contributed by atoms with Crippen molar-refractivity contribution in [2.24, 2.45) is 34.5 Å². The molecule has 5 nitrogen and oxygen atoms in total. The molecule has 3 saturated carbocycles. The van der Waals surface area contributed by atoms with Crippen LogP contribution in [0.25, 0.3) is 0 Å². The Morgan fingerprint density at radius 2 is 1.86 bits per heavy atom. The zero-order valence-electron chi connectivity index (χ0n) is 17.2. The topological polar surface area (TPSA) is 80.7 Å². The Balaban J connectivity index is 1.72. The highest BCUT2D eigenvalue weighted by Gasteiger charge is 2.68. The van der Waals surface area contributed by atoms with E-state index in [9.17, 15) is 19.5 Å². The molecule has 0 aromatic carbocycles. The van der Waals surface area contributed by atoms with Gasteiger partial charge in [-0.15, -0.1) is 0 Å². The van der Waals surface area contributed by atoms with E-state index in [1.54, 1.807) is 13.0 Å². The Morgan fingerprint density at radius 3 is 2.50 bits per heavy atom. The van der Waals surface area contributed by atoms with Crippen molar-refractivity contribution in [2.45, 2.75) is 71.3 Å². The minimum atomic E-state index is -1.02. The number of ether oxygens (including phenoxy) is 1. The number of carbonyl (C=O) groups excluding carboxylic acids is 3. The Bertz CT molecular complexity index is 741. The van der Waals surface area contributed by atoms with E-state index in [0.717, 1.165) is 32.1 Å². The van der Waals surface area contributed by atoms with E-state index in [1.165, 1.54) is 6.92 Å². The van der Waals surface area contributed by atoms with Crippen LogP contribution in [-0.4, -0.2) is 34.9 Å². The van der Waals surface area contributed by atoms with E-state index in [0.29, 0.717) is 30.6 Å². The lowest BCUT2D eigenvalue weighted by atomic mass is 9.45. The van der Waals surface area contributed by atoms with Gasteiger partial charge >= 0.3 is 5.97 Å². The SMILES string of the molecule is CC(=O)O[C@]1(C(C)=O)CC[C@H]2[C@@H]3CC[C@H]4CC(=O)C=C[C@]4(CO)[C@H]3CC[C@@]21C. The van der Waals surface area contributed by atoms with Crippen LogP contribution in [0.3, 0.4) is 0 Å². The summed E-state index contributed by atoms with van der Waals surface area (Å²) in [4.78, 5) is 36.6. The second-order valence-corrected chi connectivity index (χ2v) is 9.90. The number of hydrogen-bond acceptors (Lipinski definition) is 5. The Hall–Kier alpha value is -1.49. The summed E-state index contributed by atoms with van der Waals surface area (Å²) < 4.78 is 5.79. The number of aliphatic hydroxyl groups is 1. The number of esters is 1. The second kappa shape index (κ2) is 6.51. The molecule has 0 radical (unpaired) electrons.